The molecule has 0 spiro atoms. The van der Waals surface area contributed by atoms with Gasteiger partial charge in [0.25, 0.3) is 10.1 Å². The van der Waals surface area contributed by atoms with Crippen LogP contribution >= 0.6 is 0 Å². The summed E-state index contributed by atoms with van der Waals surface area (Å²) in [5.74, 6) is 0.535. The Morgan fingerprint density at radius 2 is 1.95 bits per heavy atom. The first-order chi connectivity index (χ1) is 8.90. The van der Waals surface area contributed by atoms with E-state index >= 15 is 0 Å². The van der Waals surface area contributed by atoms with Crippen LogP contribution in [0.3, 0.4) is 0 Å². The maximum absolute atomic E-state index is 10.8. The van der Waals surface area contributed by atoms with Crippen molar-refractivity contribution < 1.29 is 17.7 Å². The topological polar surface area (TPSA) is 63.6 Å². The lowest BCUT2D eigenvalue weighted by molar-refractivity contribution is 0.415. The number of benzene rings is 2. The summed E-state index contributed by atoms with van der Waals surface area (Å²) < 4.78 is 35.6. The molecule has 0 bridgehead atoms. The van der Waals surface area contributed by atoms with Crippen LogP contribution in [0.2, 0.25) is 0 Å². The maximum Gasteiger partial charge on any atom is 0.265 e. The Hall–Kier alpha value is -1.59. The number of hydrogen-bond donors (Lipinski definition) is 1. The van der Waals surface area contributed by atoms with E-state index in [4.69, 9.17) is 9.29 Å². The van der Waals surface area contributed by atoms with Gasteiger partial charge in [-0.15, -0.1) is 0 Å². The minimum atomic E-state index is -3.92. The zero-order valence-corrected chi connectivity index (χ0v) is 11.7. The Kier molecular flexibility index (Phi) is 3.78. The molecule has 0 aromatic heterocycles. The number of methoxy groups -OCH3 is 1. The van der Waals surface area contributed by atoms with Crippen LogP contribution in [0.1, 0.15) is 11.1 Å². The fraction of sp³-hybridized carbons (Fsp3) is 0.286. The van der Waals surface area contributed by atoms with E-state index in [1.165, 1.54) is 0 Å². The summed E-state index contributed by atoms with van der Waals surface area (Å²) >= 11 is 0. The molecule has 0 unspecified atom stereocenters. The largest absolute Gasteiger partial charge is 0.497 e. The number of hydrogen-bond acceptors (Lipinski definition) is 3. The van der Waals surface area contributed by atoms with Crippen molar-refractivity contribution in [2.75, 3.05) is 12.9 Å². The highest BCUT2D eigenvalue weighted by atomic mass is 32.2. The number of rotatable bonds is 4. The normalized spacial score (nSPS) is 11.7. The van der Waals surface area contributed by atoms with Crippen LogP contribution in [-0.4, -0.2) is 25.8 Å². The van der Waals surface area contributed by atoms with E-state index in [-0.39, 0.29) is 5.75 Å². The molecule has 0 fully saturated rings. The summed E-state index contributed by atoms with van der Waals surface area (Å²) in [5, 5.41) is 2.11. The molecule has 2 aromatic carbocycles. The lowest BCUT2D eigenvalue weighted by atomic mass is 9.98. The first kappa shape index (κ1) is 13.8. The second kappa shape index (κ2) is 5.19. The van der Waals surface area contributed by atoms with Crippen molar-refractivity contribution in [2.24, 2.45) is 0 Å². The number of ether oxygens (including phenoxy) is 1. The highest BCUT2D eigenvalue weighted by molar-refractivity contribution is 7.85. The van der Waals surface area contributed by atoms with Crippen molar-refractivity contribution in [1.29, 1.82) is 0 Å². The van der Waals surface area contributed by atoms with Crippen LogP contribution in [0.4, 0.5) is 0 Å². The van der Waals surface area contributed by atoms with Crippen LogP contribution < -0.4 is 4.74 Å². The molecule has 0 heterocycles. The third-order valence-electron chi connectivity index (χ3n) is 3.24. The number of fused-ring (bicyclic) bond motifs is 1. The van der Waals surface area contributed by atoms with E-state index < -0.39 is 10.1 Å². The third-order valence-corrected chi connectivity index (χ3v) is 3.96. The highest BCUT2D eigenvalue weighted by Gasteiger charge is 2.09. The predicted molar refractivity (Wildman–Crippen MR) is 75.4 cm³/mol. The molecule has 19 heavy (non-hydrogen) atoms. The molecule has 102 valence electrons. The van der Waals surface area contributed by atoms with Gasteiger partial charge in [-0.25, -0.2) is 0 Å². The Morgan fingerprint density at radius 1 is 1.21 bits per heavy atom. The van der Waals surface area contributed by atoms with Gasteiger partial charge >= 0.3 is 0 Å². The van der Waals surface area contributed by atoms with Crippen molar-refractivity contribution in [2.45, 2.75) is 13.3 Å². The molecular formula is C14H16O4S. The van der Waals surface area contributed by atoms with Gasteiger partial charge in [0.1, 0.15) is 5.75 Å². The molecule has 0 radical (unpaired) electrons. The SMILES string of the molecule is COc1ccc2c(C)c(CCS(=O)(=O)O)ccc2c1. The Labute approximate surface area is 112 Å². The Balaban J connectivity index is 2.40. The Morgan fingerprint density at radius 3 is 2.58 bits per heavy atom. The van der Waals surface area contributed by atoms with Crippen LogP contribution in [0.15, 0.2) is 30.3 Å². The van der Waals surface area contributed by atoms with Gasteiger partial charge in [0.05, 0.1) is 12.9 Å². The summed E-state index contributed by atoms with van der Waals surface area (Å²) in [6.07, 6.45) is 0.312. The molecule has 4 nitrogen and oxygen atoms in total. The number of aryl methyl sites for hydroxylation is 2. The molecule has 0 saturated heterocycles. The molecule has 0 aliphatic rings. The summed E-state index contributed by atoms with van der Waals surface area (Å²) in [6, 6.07) is 9.60. The van der Waals surface area contributed by atoms with E-state index in [0.29, 0.717) is 6.42 Å². The van der Waals surface area contributed by atoms with Gasteiger partial charge in [-0.3, -0.25) is 4.55 Å². The van der Waals surface area contributed by atoms with Crippen molar-refractivity contribution in [3.8, 4) is 5.75 Å². The van der Waals surface area contributed by atoms with E-state index in [9.17, 15) is 8.42 Å². The van der Waals surface area contributed by atoms with Crippen LogP contribution in [0, 0.1) is 6.92 Å². The molecule has 0 atom stereocenters. The van der Waals surface area contributed by atoms with E-state index in [1.807, 2.05) is 37.3 Å². The average Bonchev–Trinajstić information content (AvgIpc) is 2.36. The van der Waals surface area contributed by atoms with Gasteiger partial charge in [0, 0.05) is 0 Å². The lowest BCUT2D eigenvalue weighted by Gasteiger charge is -2.10. The minimum Gasteiger partial charge on any atom is -0.497 e. The smallest absolute Gasteiger partial charge is 0.265 e. The van der Waals surface area contributed by atoms with Gasteiger partial charge in [-0.2, -0.15) is 8.42 Å². The molecule has 0 aliphatic carbocycles. The summed E-state index contributed by atoms with van der Waals surface area (Å²) in [7, 11) is -2.30. The van der Waals surface area contributed by atoms with Crippen molar-refractivity contribution >= 4 is 20.9 Å². The fourth-order valence-electron chi connectivity index (χ4n) is 2.15. The van der Waals surface area contributed by atoms with Crippen LogP contribution in [0.5, 0.6) is 5.75 Å². The molecule has 1 N–H and O–H groups in total. The molecule has 0 saturated carbocycles. The van der Waals surface area contributed by atoms with E-state index in [1.54, 1.807) is 7.11 Å². The van der Waals surface area contributed by atoms with Crippen LogP contribution in [-0.2, 0) is 16.5 Å². The summed E-state index contributed by atoms with van der Waals surface area (Å²) in [5.41, 5.74) is 1.96. The van der Waals surface area contributed by atoms with E-state index in [0.717, 1.165) is 27.6 Å². The van der Waals surface area contributed by atoms with Gasteiger partial charge in [-0.1, -0.05) is 18.2 Å². The van der Waals surface area contributed by atoms with Crippen LogP contribution in [0.25, 0.3) is 10.8 Å². The lowest BCUT2D eigenvalue weighted by Crippen LogP contribution is -2.07. The zero-order chi connectivity index (χ0) is 14.0. The fourth-order valence-corrected chi connectivity index (χ4v) is 2.62. The monoisotopic (exact) mass is 280 g/mol. The third kappa shape index (κ3) is 3.24. The van der Waals surface area contributed by atoms with Crippen molar-refractivity contribution in [3.05, 3.63) is 41.5 Å². The maximum atomic E-state index is 10.8. The van der Waals surface area contributed by atoms with Crippen molar-refractivity contribution in [3.63, 3.8) is 0 Å². The van der Waals surface area contributed by atoms with Crippen molar-refractivity contribution in [1.82, 2.24) is 0 Å². The molecule has 5 heteroatoms. The predicted octanol–water partition coefficient (Wildman–Crippen LogP) is 2.59. The second-order valence-corrected chi connectivity index (χ2v) is 6.04. The van der Waals surface area contributed by atoms with Gasteiger partial charge in [0.15, 0.2) is 0 Å². The summed E-state index contributed by atoms with van der Waals surface area (Å²) in [4.78, 5) is 0. The molecule has 2 rings (SSSR count). The minimum absolute atomic E-state index is 0.254. The quantitative estimate of drug-likeness (QED) is 0.874. The standard InChI is InChI=1S/C14H16O4S/c1-10-11(7-8-19(15,16)17)3-4-12-9-13(18-2)5-6-14(10)12/h3-6,9H,7-8H2,1-2H3,(H,15,16,17). The highest BCUT2D eigenvalue weighted by Crippen LogP contribution is 2.26. The van der Waals surface area contributed by atoms with Gasteiger partial charge in [-0.05, 0) is 47.4 Å². The van der Waals surface area contributed by atoms with Gasteiger partial charge in [0.2, 0.25) is 0 Å². The van der Waals surface area contributed by atoms with Gasteiger partial charge < -0.3 is 4.74 Å². The Bertz CT molecular complexity index is 705. The first-order valence-corrected chi connectivity index (χ1v) is 7.53. The molecular weight excluding hydrogens is 264 g/mol. The second-order valence-electron chi connectivity index (χ2n) is 4.47. The first-order valence-electron chi connectivity index (χ1n) is 5.92. The zero-order valence-electron chi connectivity index (χ0n) is 10.9. The van der Waals surface area contributed by atoms with E-state index in [2.05, 4.69) is 0 Å². The summed E-state index contributed by atoms with van der Waals surface area (Å²) in [6.45, 7) is 1.95. The average molecular weight is 280 g/mol. The molecule has 0 amide bonds. The molecule has 2 aromatic rings. The molecule has 0 aliphatic heterocycles.